The molecule has 0 aliphatic carbocycles. The van der Waals surface area contributed by atoms with Gasteiger partial charge in [-0.1, -0.05) is 26.0 Å². The van der Waals surface area contributed by atoms with Crippen LogP contribution < -0.4 is 5.32 Å². The van der Waals surface area contributed by atoms with Gasteiger partial charge in [0.05, 0.1) is 4.92 Å². The second-order valence-electron chi connectivity index (χ2n) is 4.32. The summed E-state index contributed by atoms with van der Waals surface area (Å²) in [6.45, 7) is 4.62. The van der Waals surface area contributed by atoms with Crippen molar-refractivity contribution in [2.24, 2.45) is 5.92 Å². The van der Waals surface area contributed by atoms with E-state index in [-0.39, 0.29) is 11.6 Å². The topological polar surface area (TPSA) is 72.2 Å². The number of carbonyl (C=O) groups is 1. The van der Waals surface area contributed by atoms with E-state index in [9.17, 15) is 14.9 Å². The van der Waals surface area contributed by atoms with Crippen molar-refractivity contribution in [1.29, 1.82) is 0 Å². The molecule has 1 aromatic carbocycles. The molecule has 1 amide bonds. The van der Waals surface area contributed by atoms with Crippen LogP contribution in [0.3, 0.4) is 0 Å². The first-order valence-corrected chi connectivity index (χ1v) is 5.69. The summed E-state index contributed by atoms with van der Waals surface area (Å²) >= 11 is 0. The number of non-ortho nitro benzene ring substituents is 1. The van der Waals surface area contributed by atoms with Crippen LogP contribution in [0.1, 0.15) is 19.4 Å². The molecule has 5 nitrogen and oxygen atoms in total. The number of carbonyl (C=O) groups excluding carboxylic acids is 1. The van der Waals surface area contributed by atoms with Crippen LogP contribution in [0.2, 0.25) is 0 Å². The maximum absolute atomic E-state index is 11.4. The average Bonchev–Trinajstić information content (AvgIpc) is 2.34. The van der Waals surface area contributed by atoms with E-state index in [4.69, 9.17) is 0 Å². The van der Waals surface area contributed by atoms with Gasteiger partial charge in [-0.2, -0.15) is 0 Å². The molecule has 1 N–H and O–H groups in total. The average molecular weight is 248 g/mol. The van der Waals surface area contributed by atoms with Gasteiger partial charge in [-0.25, -0.2) is 0 Å². The van der Waals surface area contributed by atoms with Gasteiger partial charge >= 0.3 is 0 Å². The predicted octanol–water partition coefficient (Wildman–Crippen LogP) is 2.38. The number of nitro benzene ring substituents is 1. The van der Waals surface area contributed by atoms with Crippen LogP contribution in [0.25, 0.3) is 6.08 Å². The third kappa shape index (κ3) is 4.78. The Bertz CT molecular complexity index is 467. The van der Waals surface area contributed by atoms with Crippen molar-refractivity contribution in [3.05, 3.63) is 46.0 Å². The van der Waals surface area contributed by atoms with Gasteiger partial charge in [0.1, 0.15) is 0 Å². The SMILES string of the molecule is CC(C)CNC(=O)C=Cc1cccc([N+](=O)[O-])c1. The van der Waals surface area contributed by atoms with Crippen molar-refractivity contribution in [1.82, 2.24) is 5.32 Å². The van der Waals surface area contributed by atoms with Crippen LogP contribution in [-0.2, 0) is 4.79 Å². The summed E-state index contributed by atoms with van der Waals surface area (Å²) in [5.41, 5.74) is 0.642. The molecular weight excluding hydrogens is 232 g/mol. The number of nitro groups is 1. The largest absolute Gasteiger partial charge is 0.352 e. The van der Waals surface area contributed by atoms with Gasteiger partial charge < -0.3 is 5.32 Å². The minimum Gasteiger partial charge on any atom is -0.352 e. The molecule has 0 saturated carbocycles. The predicted molar refractivity (Wildman–Crippen MR) is 70.0 cm³/mol. The fourth-order valence-electron chi connectivity index (χ4n) is 1.28. The van der Waals surface area contributed by atoms with Crippen molar-refractivity contribution in [3.63, 3.8) is 0 Å². The number of hydrogen-bond donors (Lipinski definition) is 1. The minimum absolute atomic E-state index is 0.0136. The Balaban J connectivity index is 2.64. The van der Waals surface area contributed by atoms with Crippen LogP contribution in [0.5, 0.6) is 0 Å². The van der Waals surface area contributed by atoms with Gasteiger partial charge in [0.2, 0.25) is 5.91 Å². The summed E-state index contributed by atoms with van der Waals surface area (Å²) in [5, 5.41) is 13.3. The van der Waals surface area contributed by atoms with Crippen LogP contribution in [0, 0.1) is 16.0 Å². The Labute approximate surface area is 106 Å². The van der Waals surface area contributed by atoms with Crippen LogP contribution in [0.15, 0.2) is 30.3 Å². The molecule has 0 saturated heterocycles. The normalized spacial score (nSPS) is 10.8. The molecule has 0 unspecified atom stereocenters. The first-order valence-electron chi connectivity index (χ1n) is 5.69. The quantitative estimate of drug-likeness (QED) is 0.494. The molecular formula is C13H16N2O3. The lowest BCUT2D eigenvalue weighted by Crippen LogP contribution is -2.25. The Morgan fingerprint density at radius 1 is 1.50 bits per heavy atom. The second-order valence-corrected chi connectivity index (χ2v) is 4.32. The molecule has 0 aliphatic rings. The molecule has 1 aromatic rings. The zero-order valence-electron chi connectivity index (χ0n) is 10.4. The number of hydrogen-bond acceptors (Lipinski definition) is 3. The third-order valence-electron chi connectivity index (χ3n) is 2.19. The van der Waals surface area contributed by atoms with Crippen LogP contribution in [-0.4, -0.2) is 17.4 Å². The van der Waals surface area contributed by atoms with Gasteiger partial charge in [-0.3, -0.25) is 14.9 Å². The van der Waals surface area contributed by atoms with Gasteiger partial charge in [0, 0.05) is 24.8 Å². The standard InChI is InChI=1S/C13H16N2O3/c1-10(2)9-14-13(16)7-6-11-4-3-5-12(8-11)15(17)18/h3-8,10H,9H2,1-2H3,(H,14,16). The fourth-order valence-corrected chi connectivity index (χ4v) is 1.28. The van der Waals surface area contributed by atoms with E-state index in [0.717, 1.165) is 0 Å². The van der Waals surface area contributed by atoms with Crippen molar-refractivity contribution >= 4 is 17.7 Å². The Hall–Kier alpha value is -2.17. The first kappa shape index (κ1) is 13.9. The Kier molecular flexibility index (Phi) is 5.05. The first-order chi connectivity index (χ1) is 8.49. The monoisotopic (exact) mass is 248 g/mol. The van der Waals surface area contributed by atoms with E-state index in [1.54, 1.807) is 18.2 Å². The molecule has 0 aromatic heterocycles. The van der Waals surface area contributed by atoms with Crippen molar-refractivity contribution < 1.29 is 9.72 Å². The summed E-state index contributed by atoms with van der Waals surface area (Å²) < 4.78 is 0. The molecule has 0 aliphatic heterocycles. The fraction of sp³-hybridized carbons (Fsp3) is 0.308. The van der Waals surface area contributed by atoms with E-state index in [1.807, 2.05) is 13.8 Å². The molecule has 1 rings (SSSR count). The molecule has 18 heavy (non-hydrogen) atoms. The summed E-state index contributed by atoms with van der Waals surface area (Å²) in [5.74, 6) is 0.190. The van der Waals surface area contributed by atoms with Gasteiger partial charge in [0.25, 0.3) is 5.69 Å². The van der Waals surface area contributed by atoms with E-state index in [0.29, 0.717) is 18.0 Å². The maximum Gasteiger partial charge on any atom is 0.270 e. The number of amides is 1. The van der Waals surface area contributed by atoms with Crippen molar-refractivity contribution in [2.75, 3.05) is 6.54 Å². The Morgan fingerprint density at radius 3 is 2.83 bits per heavy atom. The molecule has 96 valence electrons. The van der Waals surface area contributed by atoms with E-state index in [1.165, 1.54) is 18.2 Å². The summed E-state index contributed by atoms with van der Waals surface area (Å²) in [6, 6.07) is 6.13. The molecule has 0 bridgehead atoms. The summed E-state index contributed by atoms with van der Waals surface area (Å²) in [7, 11) is 0. The molecule has 0 fully saturated rings. The highest BCUT2D eigenvalue weighted by Gasteiger charge is 2.04. The highest BCUT2D eigenvalue weighted by Crippen LogP contribution is 2.13. The van der Waals surface area contributed by atoms with Gasteiger partial charge in [-0.15, -0.1) is 0 Å². The molecule has 0 spiro atoms. The van der Waals surface area contributed by atoms with E-state index >= 15 is 0 Å². The lowest BCUT2D eigenvalue weighted by Gasteiger charge is -2.04. The second kappa shape index (κ2) is 6.54. The van der Waals surface area contributed by atoms with E-state index < -0.39 is 4.92 Å². The zero-order valence-corrected chi connectivity index (χ0v) is 10.4. The van der Waals surface area contributed by atoms with Crippen LogP contribution >= 0.6 is 0 Å². The zero-order chi connectivity index (χ0) is 13.5. The van der Waals surface area contributed by atoms with E-state index in [2.05, 4.69) is 5.32 Å². The number of benzene rings is 1. The molecule has 0 heterocycles. The van der Waals surface area contributed by atoms with Gasteiger partial charge in [0.15, 0.2) is 0 Å². The summed E-state index contributed by atoms with van der Waals surface area (Å²) in [4.78, 5) is 21.5. The molecule has 0 atom stereocenters. The smallest absolute Gasteiger partial charge is 0.270 e. The molecule has 0 radical (unpaired) electrons. The number of nitrogens with one attached hydrogen (secondary N) is 1. The van der Waals surface area contributed by atoms with Crippen molar-refractivity contribution in [2.45, 2.75) is 13.8 Å². The molecule has 5 heteroatoms. The minimum atomic E-state index is -0.462. The number of nitrogens with zero attached hydrogens (tertiary/aromatic N) is 1. The number of rotatable bonds is 5. The van der Waals surface area contributed by atoms with Crippen molar-refractivity contribution in [3.8, 4) is 0 Å². The maximum atomic E-state index is 11.4. The van der Waals surface area contributed by atoms with Crippen LogP contribution in [0.4, 0.5) is 5.69 Å². The highest BCUT2D eigenvalue weighted by atomic mass is 16.6. The summed E-state index contributed by atoms with van der Waals surface area (Å²) in [6.07, 6.45) is 2.93. The Morgan fingerprint density at radius 2 is 2.22 bits per heavy atom. The third-order valence-corrected chi connectivity index (χ3v) is 2.19. The lowest BCUT2D eigenvalue weighted by atomic mass is 10.2. The van der Waals surface area contributed by atoms with Gasteiger partial charge in [-0.05, 0) is 17.6 Å². The highest BCUT2D eigenvalue weighted by molar-refractivity contribution is 5.91. The lowest BCUT2D eigenvalue weighted by molar-refractivity contribution is -0.384.